The van der Waals surface area contributed by atoms with E-state index in [0.29, 0.717) is 23.6 Å². The van der Waals surface area contributed by atoms with Gasteiger partial charge in [0.25, 0.3) is 0 Å². The van der Waals surface area contributed by atoms with Crippen molar-refractivity contribution < 1.29 is 4.74 Å². The highest BCUT2D eigenvalue weighted by atomic mass is 16.5. The monoisotopic (exact) mass is 399 g/mol. The maximum Gasteiger partial charge on any atom is 0.154 e. The molecule has 1 saturated heterocycles. The molecule has 2 N–H and O–H groups in total. The molecule has 0 amide bonds. The first-order valence-electron chi connectivity index (χ1n) is 10.4. The molecule has 0 saturated carbocycles. The Bertz CT molecular complexity index is 1040. The summed E-state index contributed by atoms with van der Waals surface area (Å²) in [6, 6.07) is 17.9. The summed E-state index contributed by atoms with van der Waals surface area (Å²) >= 11 is 0. The average molecular weight is 399 g/mol. The van der Waals surface area contributed by atoms with E-state index in [4.69, 9.17) is 10.5 Å². The van der Waals surface area contributed by atoms with E-state index in [0.717, 1.165) is 36.5 Å². The summed E-state index contributed by atoms with van der Waals surface area (Å²) in [4.78, 5) is 2.24. The van der Waals surface area contributed by atoms with Gasteiger partial charge < -0.3 is 15.4 Å². The van der Waals surface area contributed by atoms with Crippen molar-refractivity contribution in [1.29, 1.82) is 5.26 Å². The molecular weight excluding hydrogens is 374 g/mol. The van der Waals surface area contributed by atoms with Gasteiger partial charge in [-0.3, -0.25) is 0 Å². The van der Waals surface area contributed by atoms with Crippen LogP contribution in [0.2, 0.25) is 0 Å². The maximum atomic E-state index is 9.35. The van der Waals surface area contributed by atoms with Crippen LogP contribution in [0, 0.1) is 11.3 Å². The second kappa shape index (κ2) is 9.38. The second-order valence-corrected chi connectivity index (χ2v) is 7.46. The minimum absolute atomic E-state index is 0.548. The summed E-state index contributed by atoms with van der Waals surface area (Å²) in [6.45, 7) is 2.60. The normalized spacial score (nSPS) is 13.7. The molecular formula is C24H25N5O. The Morgan fingerprint density at radius 3 is 2.57 bits per heavy atom. The summed E-state index contributed by atoms with van der Waals surface area (Å²) in [5, 5.41) is 17.8. The van der Waals surface area contributed by atoms with Crippen LogP contribution in [0.3, 0.4) is 0 Å². The summed E-state index contributed by atoms with van der Waals surface area (Å²) < 4.78 is 6.22. The number of piperidine rings is 1. The van der Waals surface area contributed by atoms with Gasteiger partial charge in [-0.25, -0.2) is 0 Å². The molecule has 0 radical (unpaired) electrons. The summed E-state index contributed by atoms with van der Waals surface area (Å²) in [5.74, 6) is 2.07. The number of hydrogen-bond donors (Lipinski definition) is 1. The van der Waals surface area contributed by atoms with Gasteiger partial charge in [0.1, 0.15) is 5.75 Å². The van der Waals surface area contributed by atoms with Crippen molar-refractivity contribution in [3.8, 4) is 28.7 Å². The van der Waals surface area contributed by atoms with Crippen LogP contribution in [0.5, 0.6) is 11.5 Å². The van der Waals surface area contributed by atoms with Crippen LogP contribution in [0.1, 0.15) is 30.4 Å². The van der Waals surface area contributed by atoms with Gasteiger partial charge in [-0.05, 0) is 61.6 Å². The van der Waals surface area contributed by atoms with E-state index in [9.17, 15) is 5.26 Å². The number of aromatic nitrogens is 2. The molecule has 0 unspecified atom stereocenters. The lowest BCUT2D eigenvalue weighted by Crippen LogP contribution is -2.30. The topological polar surface area (TPSA) is 88.1 Å². The van der Waals surface area contributed by atoms with Gasteiger partial charge in [-0.2, -0.15) is 10.4 Å². The average Bonchev–Trinajstić information content (AvgIpc) is 2.81. The Labute approximate surface area is 176 Å². The highest BCUT2D eigenvalue weighted by molar-refractivity contribution is 5.72. The number of hydrogen-bond acceptors (Lipinski definition) is 6. The third kappa shape index (κ3) is 4.58. The summed E-state index contributed by atoms with van der Waals surface area (Å²) in [7, 11) is 0. The molecule has 0 atom stereocenters. The smallest absolute Gasteiger partial charge is 0.154 e. The fourth-order valence-corrected chi connectivity index (χ4v) is 3.73. The lowest BCUT2D eigenvalue weighted by atomic mass is 10.0. The highest BCUT2D eigenvalue weighted by Crippen LogP contribution is 2.35. The van der Waals surface area contributed by atoms with Crippen LogP contribution < -0.4 is 15.4 Å². The summed E-state index contributed by atoms with van der Waals surface area (Å²) in [5.41, 5.74) is 9.34. The first-order chi connectivity index (χ1) is 14.8. The predicted molar refractivity (Wildman–Crippen MR) is 118 cm³/mol. The molecule has 1 aliphatic rings. The van der Waals surface area contributed by atoms with Crippen molar-refractivity contribution in [2.24, 2.45) is 5.73 Å². The number of benzene rings is 2. The minimum atomic E-state index is 0.548. The Morgan fingerprint density at radius 2 is 1.83 bits per heavy atom. The van der Waals surface area contributed by atoms with Crippen molar-refractivity contribution in [3.05, 3.63) is 65.9 Å². The molecule has 2 heterocycles. The van der Waals surface area contributed by atoms with Crippen LogP contribution in [-0.2, 0) is 6.42 Å². The fourth-order valence-electron chi connectivity index (χ4n) is 3.73. The van der Waals surface area contributed by atoms with Crippen molar-refractivity contribution in [2.75, 3.05) is 24.5 Å². The highest BCUT2D eigenvalue weighted by Gasteiger charge is 2.15. The molecule has 152 valence electrons. The molecule has 1 aliphatic heterocycles. The Morgan fingerprint density at radius 1 is 1.03 bits per heavy atom. The lowest BCUT2D eigenvalue weighted by Gasteiger charge is -2.27. The molecule has 0 bridgehead atoms. The van der Waals surface area contributed by atoms with E-state index in [1.54, 1.807) is 18.3 Å². The standard InChI is InChI=1S/C24H25N5O/c25-11-10-18-4-7-20(8-5-18)22-9-6-19(16-26)14-23(22)30-21-15-24(28-27-17-21)29-12-2-1-3-13-29/h4-9,14-15,17H,1-3,10-13,25H2. The largest absolute Gasteiger partial charge is 0.455 e. The molecule has 4 rings (SSSR count). The van der Waals surface area contributed by atoms with E-state index < -0.39 is 0 Å². The molecule has 0 spiro atoms. The van der Waals surface area contributed by atoms with E-state index >= 15 is 0 Å². The molecule has 1 aromatic heterocycles. The van der Waals surface area contributed by atoms with Crippen molar-refractivity contribution >= 4 is 5.82 Å². The number of anilines is 1. The first kappa shape index (κ1) is 19.9. The van der Waals surface area contributed by atoms with Gasteiger partial charge in [-0.1, -0.05) is 24.3 Å². The van der Waals surface area contributed by atoms with Crippen LogP contribution in [0.15, 0.2) is 54.7 Å². The van der Waals surface area contributed by atoms with Crippen molar-refractivity contribution in [1.82, 2.24) is 10.2 Å². The second-order valence-electron chi connectivity index (χ2n) is 7.46. The van der Waals surface area contributed by atoms with Crippen LogP contribution >= 0.6 is 0 Å². The zero-order chi connectivity index (χ0) is 20.8. The fraction of sp³-hybridized carbons (Fsp3) is 0.292. The zero-order valence-electron chi connectivity index (χ0n) is 16.9. The summed E-state index contributed by atoms with van der Waals surface area (Å²) in [6.07, 6.45) is 6.05. The zero-order valence-corrected chi connectivity index (χ0v) is 16.9. The number of rotatable bonds is 6. The molecule has 0 aliphatic carbocycles. The van der Waals surface area contributed by atoms with E-state index in [1.807, 2.05) is 12.1 Å². The molecule has 3 aromatic rings. The Kier molecular flexibility index (Phi) is 6.21. The van der Waals surface area contributed by atoms with E-state index in [2.05, 4.69) is 45.4 Å². The molecule has 30 heavy (non-hydrogen) atoms. The maximum absolute atomic E-state index is 9.35. The van der Waals surface area contributed by atoms with Gasteiger partial charge >= 0.3 is 0 Å². The quantitative estimate of drug-likeness (QED) is 0.665. The van der Waals surface area contributed by atoms with Gasteiger partial charge in [0.05, 0.1) is 17.8 Å². The molecule has 6 nitrogen and oxygen atoms in total. The van der Waals surface area contributed by atoms with Crippen molar-refractivity contribution in [3.63, 3.8) is 0 Å². The van der Waals surface area contributed by atoms with Crippen LogP contribution in [0.25, 0.3) is 11.1 Å². The van der Waals surface area contributed by atoms with Gasteiger partial charge in [-0.15, -0.1) is 5.10 Å². The number of nitriles is 1. The number of nitrogens with two attached hydrogens (primary N) is 1. The lowest BCUT2D eigenvalue weighted by molar-refractivity contribution is 0.478. The molecule has 6 heteroatoms. The minimum Gasteiger partial charge on any atom is -0.455 e. The molecule has 1 fully saturated rings. The van der Waals surface area contributed by atoms with Gasteiger partial charge in [0.15, 0.2) is 11.6 Å². The van der Waals surface area contributed by atoms with Crippen molar-refractivity contribution in [2.45, 2.75) is 25.7 Å². The van der Waals surface area contributed by atoms with E-state index in [1.165, 1.54) is 24.8 Å². The predicted octanol–water partition coefficient (Wildman–Crippen LogP) is 4.30. The van der Waals surface area contributed by atoms with Crippen LogP contribution in [0.4, 0.5) is 5.82 Å². The molecule has 2 aromatic carbocycles. The third-order valence-corrected chi connectivity index (χ3v) is 5.33. The van der Waals surface area contributed by atoms with Gasteiger partial charge in [0.2, 0.25) is 0 Å². The van der Waals surface area contributed by atoms with Gasteiger partial charge in [0, 0.05) is 24.7 Å². The number of ether oxygens (including phenoxy) is 1. The Hall–Kier alpha value is -3.43. The Balaban J connectivity index is 1.64. The van der Waals surface area contributed by atoms with Crippen LogP contribution in [-0.4, -0.2) is 29.8 Å². The third-order valence-electron chi connectivity index (χ3n) is 5.33. The van der Waals surface area contributed by atoms with E-state index in [-0.39, 0.29) is 0 Å². The SMILES string of the molecule is N#Cc1ccc(-c2ccc(CCN)cc2)c(Oc2cnnc(N3CCCCC3)c2)c1. The number of nitrogens with zero attached hydrogens (tertiary/aromatic N) is 4. The first-order valence-corrected chi connectivity index (χ1v) is 10.4.